The molecule has 3 nitrogen and oxygen atoms in total. The Bertz CT molecular complexity index is 647. The van der Waals surface area contributed by atoms with Crippen LogP contribution >= 0.6 is 0 Å². The van der Waals surface area contributed by atoms with E-state index < -0.39 is 5.82 Å². The first kappa shape index (κ1) is 15.0. The van der Waals surface area contributed by atoms with Crippen molar-refractivity contribution in [3.05, 3.63) is 65.0 Å². The minimum Gasteiger partial charge on any atom is -0.489 e. The molecule has 0 aliphatic rings. The van der Waals surface area contributed by atoms with Crippen molar-refractivity contribution in [2.24, 2.45) is 5.73 Å². The van der Waals surface area contributed by atoms with Crippen molar-refractivity contribution >= 4 is 0 Å². The average Bonchev–Trinajstić information content (AvgIpc) is 2.53. The number of ether oxygens (including phenoxy) is 1. The molecule has 0 heterocycles. The van der Waals surface area contributed by atoms with Gasteiger partial charge >= 0.3 is 0 Å². The predicted molar refractivity (Wildman–Crippen MR) is 79.1 cm³/mol. The van der Waals surface area contributed by atoms with Gasteiger partial charge in [0, 0.05) is 11.6 Å². The fourth-order valence-electron chi connectivity index (χ4n) is 1.94. The Labute approximate surface area is 123 Å². The van der Waals surface area contributed by atoms with E-state index in [4.69, 9.17) is 15.7 Å². The van der Waals surface area contributed by atoms with Crippen LogP contribution < -0.4 is 10.5 Å². The van der Waals surface area contributed by atoms with Crippen molar-refractivity contribution in [2.75, 3.05) is 0 Å². The summed E-state index contributed by atoms with van der Waals surface area (Å²) in [5.41, 5.74) is 7.71. The molecule has 0 saturated heterocycles. The van der Waals surface area contributed by atoms with Crippen molar-refractivity contribution in [1.82, 2.24) is 0 Å². The van der Waals surface area contributed by atoms with E-state index in [0.717, 1.165) is 12.0 Å². The fraction of sp³-hybridized carbons (Fsp3) is 0.235. The van der Waals surface area contributed by atoms with Gasteiger partial charge in [-0.05, 0) is 36.2 Å². The van der Waals surface area contributed by atoms with Crippen LogP contribution in [0.5, 0.6) is 5.75 Å². The highest BCUT2D eigenvalue weighted by atomic mass is 19.1. The molecule has 108 valence electrons. The standard InChI is InChI=1S/C17H17FN2O/c1-2-17(20)13-5-7-15(8-6-13)21-11-14-4-3-12(10-19)9-16(14)18/h3-9,17H,2,11,20H2,1H3/t17-/m0/s1. The first-order valence-corrected chi connectivity index (χ1v) is 6.81. The monoisotopic (exact) mass is 284 g/mol. The van der Waals surface area contributed by atoms with E-state index in [0.29, 0.717) is 16.9 Å². The van der Waals surface area contributed by atoms with Crippen LogP contribution in [0.2, 0.25) is 0 Å². The van der Waals surface area contributed by atoms with Gasteiger partial charge in [0.2, 0.25) is 0 Å². The van der Waals surface area contributed by atoms with E-state index in [9.17, 15) is 4.39 Å². The molecular weight excluding hydrogens is 267 g/mol. The quantitative estimate of drug-likeness (QED) is 0.911. The third-order valence-electron chi connectivity index (χ3n) is 3.32. The second kappa shape index (κ2) is 6.87. The molecule has 0 unspecified atom stereocenters. The highest BCUT2D eigenvalue weighted by molar-refractivity contribution is 5.33. The Hall–Kier alpha value is -2.38. The van der Waals surface area contributed by atoms with Crippen molar-refractivity contribution in [3.8, 4) is 11.8 Å². The van der Waals surface area contributed by atoms with Crippen LogP contribution in [0.15, 0.2) is 42.5 Å². The largest absolute Gasteiger partial charge is 0.489 e. The topological polar surface area (TPSA) is 59.0 Å². The summed E-state index contributed by atoms with van der Waals surface area (Å²) in [5.74, 6) is 0.226. The normalized spacial score (nSPS) is 11.7. The molecule has 4 heteroatoms. The van der Waals surface area contributed by atoms with E-state index in [1.807, 2.05) is 37.3 Å². The first-order valence-electron chi connectivity index (χ1n) is 6.81. The molecule has 2 aromatic carbocycles. The molecule has 21 heavy (non-hydrogen) atoms. The zero-order chi connectivity index (χ0) is 15.2. The molecule has 0 radical (unpaired) electrons. The smallest absolute Gasteiger partial charge is 0.131 e. The van der Waals surface area contributed by atoms with Gasteiger partial charge in [0.1, 0.15) is 18.2 Å². The number of nitriles is 1. The van der Waals surface area contributed by atoms with Crippen LogP contribution in [-0.4, -0.2) is 0 Å². The summed E-state index contributed by atoms with van der Waals surface area (Å²) in [6.45, 7) is 2.15. The first-order chi connectivity index (χ1) is 10.1. The van der Waals surface area contributed by atoms with Gasteiger partial charge in [0.05, 0.1) is 11.6 Å². The maximum atomic E-state index is 13.7. The third kappa shape index (κ3) is 3.80. The number of halogens is 1. The average molecular weight is 284 g/mol. The van der Waals surface area contributed by atoms with Gasteiger partial charge in [-0.1, -0.05) is 25.1 Å². The second-order valence-corrected chi connectivity index (χ2v) is 4.79. The molecule has 1 atom stereocenters. The molecule has 0 fully saturated rings. The molecule has 2 aromatic rings. The predicted octanol–water partition coefficient (Wildman–Crippen LogP) is 3.69. The van der Waals surface area contributed by atoms with Gasteiger partial charge in [-0.3, -0.25) is 0 Å². The van der Waals surface area contributed by atoms with Crippen LogP contribution in [0.25, 0.3) is 0 Å². The molecule has 2 rings (SSSR count). The highest BCUT2D eigenvalue weighted by Crippen LogP contribution is 2.20. The fourth-order valence-corrected chi connectivity index (χ4v) is 1.94. The number of hydrogen-bond acceptors (Lipinski definition) is 3. The summed E-state index contributed by atoms with van der Waals surface area (Å²) >= 11 is 0. The lowest BCUT2D eigenvalue weighted by Gasteiger charge is -2.11. The molecule has 0 bridgehead atoms. The molecule has 0 aliphatic heterocycles. The Balaban J connectivity index is 2.02. The van der Waals surface area contributed by atoms with Crippen molar-refractivity contribution in [1.29, 1.82) is 5.26 Å². The molecule has 0 aromatic heterocycles. The summed E-state index contributed by atoms with van der Waals surface area (Å²) in [6.07, 6.45) is 0.872. The Morgan fingerprint density at radius 1 is 1.24 bits per heavy atom. The third-order valence-corrected chi connectivity index (χ3v) is 3.32. The molecule has 0 amide bonds. The van der Waals surface area contributed by atoms with Crippen LogP contribution in [0.3, 0.4) is 0 Å². The molecule has 0 aliphatic carbocycles. The maximum absolute atomic E-state index is 13.7. The van der Waals surface area contributed by atoms with E-state index in [1.54, 1.807) is 12.1 Å². The number of benzene rings is 2. The second-order valence-electron chi connectivity index (χ2n) is 4.79. The van der Waals surface area contributed by atoms with Crippen LogP contribution in [0.4, 0.5) is 4.39 Å². The Kier molecular flexibility index (Phi) is 4.91. The number of rotatable bonds is 5. The number of nitrogens with zero attached hydrogens (tertiary/aromatic N) is 1. The molecule has 0 spiro atoms. The molecule has 2 N–H and O–H groups in total. The summed E-state index contributed by atoms with van der Waals surface area (Å²) in [6, 6.07) is 13.8. The van der Waals surface area contributed by atoms with Crippen molar-refractivity contribution in [2.45, 2.75) is 26.0 Å². The number of hydrogen-bond donors (Lipinski definition) is 1. The zero-order valence-corrected chi connectivity index (χ0v) is 11.8. The Morgan fingerprint density at radius 3 is 2.52 bits per heavy atom. The van der Waals surface area contributed by atoms with E-state index in [1.165, 1.54) is 6.07 Å². The summed E-state index contributed by atoms with van der Waals surface area (Å²) in [4.78, 5) is 0. The molecular formula is C17H17FN2O. The van der Waals surface area contributed by atoms with E-state index >= 15 is 0 Å². The lowest BCUT2D eigenvalue weighted by Crippen LogP contribution is -2.08. The zero-order valence-electron chi connectivity index (χ0n) is 11.8. The van der Waals surface area contributed by atoms with Crippen molar-refractivity contribution in [3.63, 3.8) is 0 Å². The van der Waals surface area contributed by atoms with Crippen LogP contribution in [0.1, 0.15) is 36.1 Å². The van der Waals surface area contributed by atoms with Gasteiger partial charge < -0.3 is 10.5 Å². The minimum atomic E-state index is -0.432. The lowest BCUT2D eigenvalue weighted by atomic mass is 10.1. The SMILES string of the molecule is CC[C@H](N)c1ccc(OCc2ccc(C#N)cc2F)cc1. The van der Waals surface area contributed by atoms with E-state index in [2.05, 4.69) is 0 Å². The molecule has 0 saturated carbocycles. The number of nitrogens with two attached hydrogens (primary N) is 1. The van der Waals surface area contributed by atoms with Gasteiger partial charge in [-0.15, -0.1) is 0 Å². The van der Waals surface area contributed by atoms with Crippen molar-refractivity contribution < 1.29 is 9.13 Å². The maximum Gasteiger partial charge on any atom is 0.131 e. The summed E-state index contributed by atoms with van der Waals surface area (Å²) in [5, 5.41) is 8.69. The van der Waals surface area contributed by atoms with Crippen LogP contribution in [-0.2, 0) is 6.61 Å². The van der Waals surface area contributed by atoms with Gasteiger partial charge in [-0.25, -0.2) is 4.39 Å². The van der Waals surface area contributed by atoms with Gasteiger partial charge in [0.15, 0.2) is 0 Å². The van der Waals surface area contributed by atoms with Gasteiger partial charge in [0.25, 0.3) is 0 Å². The lowest BCUT2D eigenvalue weighted by molar-refractivity contribution is 0.299. The summed E-state index contributed by atoms with van der Waals surface area (Å²) < 4.78 is 19.3. The minimum absolute atomic E-state index is 0.0232. The van der Waals surface area contributed by atoms with Crippen LogP contribution in [0, 0.1) is 17.1 Å². The Morgan fingerprint density at radius 2 is 1.95 bits per heavy atom. The summed E-state index contributed by atoms with van der Waals surface area (Å²) in [7, 11) is 0. The highest BCUT2D eigenvalue weighted by Gasteiger charge is 2.06. The van der Waals surface area contributed by atoms with Gasteiger partial charge in [-0.2, -0.15) is 5.26 Å². The van der Waals surface area contributed by atoms with E-state index in [-0.39, 0.29) is 12.6 Å².